The first-order chi connectivity index (χ1) is 10.9. The zero-order chi connectivity index (χ0) is 16.4. The predicted octanol–water partition coefficient (Wildman–Crippen LogP) is -0.00150. The summed E-state index contributed by atoms with van der Waals surface area (Å²) in [7, 11) is 0. The molecular weight excluding hydrogens is 310 g/mol. The van der Waals surface area contributed by atoms with Gasteiger partial charge in [-0.3, -0.25) is 9.69 Å². The number of rotatable bonds is 4. The van der Waals surface area contributed by atoms with E-state index in [4.69, 9.17) is 9.47 Å². The molecule has 0 aromatic rings. The lowest BCUT2D eigenvalue weighted by molar-refractivity contribution is -0.129. The summed E-state index contributed by atoms with van der Waals surface area (Å²) >= 11 is 0. The average molecular weight is 334 g/mol. The molecule has 0 aromatic heterocycles. The Morgan fingerprint density at radius 2 is 2.09 bits per heavy atom. The number of hydrogen-bond acceptors (Lipinski definition) is 5. The highest BCUT2D eigenvalue weighted by atomic mass is 19.3. The van der Waals surface area contributed by atoms with Gasteiger partial charge in [-0.25, -0.2) is 8.78 Å². The van der Waals surface area contributed by atoms with Gasteiger partial charge in [-0.2, -0.15) is 0 Å². The minimum absolute atomic E-state index is 0.0886. The molecule has 2 N–H and O–H groups in total. The SMILES string of the molecule is O=C(NC1COC(CN2CCC(F)(F)C2)C1O)C1CCOCC1. The summed E-state index contributed by atoms with van der Waals surface area (Å²) in [5.74, 6) is -2.83. The maximum Gasteiger partial charge on any atom is 0.261 e. The van der Waals surface area contributed by atoms with E-state index in [2.05, 4.69) is 5.32 Å². The second-order valence-corrected chi connectivity index (χ2v) is 6.71. The molecule has 0 saturated carbocycles. The van der Waals surface area contributed by atoms with Crippen molar-refractivity contribution in [1.29, 1.82) is 0 Å². The van der Waals surface area contributed by atoms with Crippen LogP contribution in [0.25, 0.3) is 0 Å². The van der Waals surface area contributed by atoms with Crippen molar-refractivity contribution in [1.82, 2.24) is 10.2 Å². The van der Waals surface area contributed by atoms with Crippen molar-refractivity contribution in [2.75, 3.05) is 39.5 Å². The van der Waals surface area contributed by atoms with E-state index in [1.54, 1.807) is 4.90 Å². The van der Waals surface area contributed by atoms with E-state index in [0.717, 1.165) is 0 Å². The van der Waals surface area contributed by atoms with Crippen molar-refractivity contribution in [2.24, 2.45) is 5.92 Å². The summed E-state index contributed by atoms with van der Waals surface area (Å²) < 4.78 is 37.2. The number of likely N-dealkylation sites (tertiary alicyclic amines) is 1. The number of aliphatic hydroxyl groups is 1. The summed E-state index contributed by atoms with van der Waals surface area (Å²) in [6.45, 7) is 1.64. The molecule has 0 aromatic carbocycles. The van der Waals surface area contributed by atoms with Gasteiger partial charge in [0.15, 0.2) is 0 Å². The lowest BCUT2D eigenvalue weighted by Gasteiger charge is -2.25. The lowest BCUT2D eigenvalue weighted by atomic mass is 9.98. The Morgan fingerprint density at radius 3 is 2.74 bits per heavy atom. The third-order valence-electron chi connectivity index (χ3n) is 4.89. The molecule has 3 saturated heterocycles. The maximum atomic E-state index is 13.2. The number of nitrogens with one attached hydrogen (secondary N) is 1. The lowest BCUT2D eigenvalue weighted by Crippen LogP contribution is -2.48. The Kier molecular flexibility index (Phi) is 5.15. The fraction of sp³-hybridized carbons (Fsp3) is 0.933. The number of amides is 1. The van der Waals surface area contributed by atoms with Crippen LogP contribution in [0.3, 0.4) is 0 Å². The van der Waals surface area contributed by atoms with Gasteiger partial charge in [0.2, 0.25) is 5.91 Å². The van der Waals surface area contributed by atoms with Crippen LogP contribution < -0.4 is 5.32 Å². The zero-order valence-electron chi connectivity index (χ0n) is 13.0. The summed E-state index contributed by atoms with van der Waals surface area (Å²) in [6, 6.07) is -0.474. The van der Waals surface area contributed by atoms with Crippen molar-refractivity contribution < 1.29 is 28.2 Å². The monoisotopic (exact) mass is 334 g/mol. The van der Waals surface area contributed by atoms with Crippen molar-refractivity contribution in [3.8, 4) is 0 Å². The van der Waals surface area contributed by atoms with E-state index in [9.17, 15) is 18.7 Å². The van der Waals surface area contributed by atoms with Gasteiger partial charge in [-0.05, 0) is 12.8 Å². The topological polar surface area (TPSA) is 71.0 Å². The maximum absolute atomic E-state index is 13.2. The molecule has 3 heterocycles. The van der Waals surface area contributed by atoms with Gasteiger partial charge in [0.05, 0.1) is 25.3 Å². The standard InChI is InChI=1S/C15H24F2N2O4/c16-15(17)3-4-19(9-15)7-12-13(20)11(8-23-12)18-14(21)10-1-5-22-6-2-10/h10-13,20H,1-9H2,(H,18,21). The van der Waals surface area contributed by atoms with Crippen LogP contribution in [0, 0.1) is 5.92 Å². The van der Waals surface area contributed by atoms with Crippen molar-refractivity contribution >= 4 is 5.91 Å². The van der Waals surface area contributed by atoms with Crippen molar-refractivity contribution in [3.63, 3.8) is 0 Å². The van der Waals surface area contributed by atoms with E-state index in [0.29, 0.717) is 32.6 Å². The number of nitrogens with zero attached hydrogens (tertiary/aromatic N) is 1. The Balaban J connectivity index is 1.46. The molecule has 0 radical (unpaired) electrons. The molecule has 8 heteroatoms. The van der Waals surface area contributed by atoms with E-state index >= 15 is 0 Å². The highest BCUT2D eigenvalue weighted by Gasteiger charge is 2.43. The van der Waals surface area contributed by atoms with Crippen LogP contribution in [-0.2, 0) is 14.3 Å². The quantitative estimate of drug-likeness (QED) is 0.757. The van der Waals surface area contributed by atoms with E-state index in [1.165, 1.54) is 0 Å². The zero-order valence-corrected chi connectivity index (χ0v) is 13.0. The predicted molar refractivity (Wildman–Crippen MR) is 77.2 cm³/mol. The third-order valence-corrected chi connectivity index (χ3v) is 4.89. The molecule has 3 unspecified atom stereocenters. The molecule has 0 bridgehead atoms. The van der Waals surface area contributed by atoms with E-state index < -0.39 is 24.2 Å². The Hall–Kier alpha value is -0.830. The average Bonchev–Trinajstić information content (AvgIpc) is 3.04. The Labute approximate surface area is 134 Å². The van der Waals surface area contributed by atoms with Crippen molar-refractivity contribution in [2.45, 2.75) is 43.4 Å². The summed E-state index contributed by atoms with van der Waals surface area (Å²) in [6.07, 6.45) is -0.194. The second-order valence-electron chi connectivity index (χ2n) is 6.71. The first-order valence-electron chi connectivity index (χ1n) is 8.22. The smallest absolute Gasteiger partial charge is 0.261 e. The second kappa shape index (κ2) is 6.96. The molecule has 23 heavy (non-hydrogen) atoms. The normalized spacial score (nSPS) is 35.5. The first kappa shape index (κ1) is 17.0. The molecule has 1 amide bonds. The summed E-state index contributed by atoms with van der Waals surface area (Å²) in [5, 5.41) is 13.1. The molecule has 132 valence electrons. The van der Waals surface area contributed by atoms with Crippen LogP contribution in [0.15, 0.2) is 0 Å². The number of hydrogen-bond donors (Lipinski definition) is 2. The van der Waals surface area contributed by atoms with Gasteiger partial charge < -0.3 is 19.9 Å². The van der Waals surface area contributed by atoms with E-state index in [-0.39, 0.29) is 37.9 Å². The largest absolute Gasteiger partial charge is 0.388 e. The number of halogens is 2. The molecule has 0 spiro atoms. The van der Waals surface area contributed by atoms with Crippen LogP contribution in [0.1, 0.15) is 19.3 Å². The highest BCUT2D eigenvalue weighted by molar-refractivity contribution is 5.79. The van der Waals surface area contributed by atoms with Crippen molar-refractivity contribution in [3.05, 3.63) is 0 Å². The third kappa shape index (κ3) is 4.17. The minimum atomic E-state index is -2.65. The van der Waals surface area contributed by atoms with Crippen LogP contribution in [0.2, 0.25) is 0 Å². The minimum Gasteiger partial charge on any atom is -0.388 e. The Morgan fingerprint density at radius 1 is 1.35 bits per heavy atom. The molecule has 6 nitrogen and oxygen atoms in total. The number of carbonyl (C=O) groups excluding carboxylic acids is 1. The fourth-order valence-corrected chi connectivity index (χ4v) is 3.45. The van der Waals surface area contributed by atoms with Crippen LogP contribution in [-0.4, -0.2) is 79.5 Å². The highest BCUT2D eigenvalue weighted by Crippen LogP contribution is 2.28. The number of aliphatic hydroxyl groups excluding tert-OH is 1. The number of carbonyl (C=O) groups is 1. The Bertz CT molecular complexity index is 432. The van der Waals surface area contributed by atoms with Gasteiger partial charge in [0.1, 0.15) is 6.10 Å². The first-order valence-corrected chi connectivity index (χ1v) is 8.22. The van der Waals surface area contributed by atoms with Gasteiger partial charge >= 0.3 is 0 Å². The molecule has 3 aliphatic heterocycles. The fourth-order valence-electron chi connectivity index (χ4n) is 3.45. The number of ether oxygens (including phenoxy) is 2. The van der Waals surface area contributed by atoms with Gasteiger partial charge in [-0.15, -0.1) is 0 Å². The van der Waals surface area contributed by atoms with E-state index in [1.807, 2.05) is 0 Å². The van der Waals surface area contributed by atoms with Crippen LogP contribution in [0.5, 0.6) is 0 Å². The van der Waals surface area contributed by atoms with Gasteiger partial charge in [0, 0.05) is 38.6 Å². The molecule has 3 aliphatic rings. The molecule has 3 rings (SSSR count). The summed E-state index contributed by atoms with van der Waals surface area (Å²) in [4.78, 5) is 13.8. The summed E-state index contributed by atoms with van der Waals surface area (Å²) in [5.41, 5.74) is 0. The molecule has 0 aliphatic carbocycles. The van der Waals surface area contributed by atoms with Crippen LogP contribution >= 0.6 is 0 Å². The van der Waals surface area contributed by atoms with Gasteiger partial charge in [0.25, 0.3) is 5.92 Å². The number of alkyl halides is 2. The molecule has 3 atom stereocenters. The van der Waals surface area contributed by atoms with Gasteiger partial charge in [-0.1, -0.05) is 0 Å². The molecule has 3 fully saturated rings. The molecular formula is C15H24F2N2O4. The van der Waals surface area contributed by atoms with Crippen LogP contribution in [0.4, 0.5) is 8.78 Å².